The van der Waals surface area contributed by atoms with E-state index in [9.17, 15) is 9.59 Å². The number of unbranched alkanes of at least 4 members (excludes halogenated alkanes) is 4. The van der Waals surface area contributed by atoms with Gasteiger partial charge in [-0.25, -0.2) is 4.79 Å². The van der Waals surface area contributed by atoms with Crippen molar-refractivity contribution in [2.24, 2.45) is 0 Å². The summed E-state index contributed by atoms with van der Waals surface area (Å²) in [5, 5.41) is 12.5. The van der Waals surface area contributed by atoms with Gasteiger partial charge in [-0.3, -0.25) is 9.69 Å². The van der Waals surface area contributed by atoms with Crippen LogP contribution in [0.4, 0.5) is 16.2 Å². The summed E-state index contributed by atoms with van der Waals surface area (Å²) < 4.78 is 0. The van der Waals surface area contributed by atoms with E-state index in [0.29, 0.717) is 22.3 Å². The number of carbonyl (C=O) groups is 2. The molecular weight excluding hydrogens is 515 g/mol. The third-order valence-corrected chi connectivity index (χ3v) is 7.42. The minimum atomic E-state index is -0.845. The number of hydrogen-bond donors (Lipinski definition) is 2. The molecule has 0 unspecified atom stereocenters. The summed E-state index contributed by atoms with van der Waals surface area (Å²) >= 11 is 14.0. The van der Waals surface area contributed by atoms with Gasteiger partial charge in [-0.05, 0) is 60.5 Å². The van der Waals surface area contributed by atoms with Gasteiger partial charge in [0.15, 0.2) is 0 Å². The van der Waals surface area contributed by atoms with Crippen LogP contribution in [0.3, 0.4) is 0 Å². The number of aliphatic carboxylic acids is 1. The Morgan fingerprint density at radius 3 is 2.17 bits per heavy atom. The summed E-state index contributed by atoms with van der Waals surface area (Å²) in [7, 11) is 0. The molecule has 5 nitrogen and oxygen atoms in total. The first-order valence-corrected chi connectivity index (χ1v) is 13.6. The van der Waals surface area contributed by atoms with Gasteiger partial charge in [-0.1, -0.05) is 85.8 Å². The number of urea groups is 1. The smallest absolute Gasteiger partial charge is 0.326 e. The van der Waals surface area contributed by atoms with Gasteiger partial charge in [0.1, 0.15) is 0 Å². The van der Waals surface area contributed by atoms with Crippen LogP contribution in [0.2, 0.25) is 10.0 Å². The first-order valence-electron chi connectivity index (χ1n) is 12.0. The average molecular weight is 546 g/mol. The summed E-state index contributed by atoms with van der Waals surface area (Å²) in [6.45, 7) is 2.77. The Labute approximate surface area is 226 Å². The van der Waals surface area contributed by atoms with Crippen molar-refractivity contribution in [2.45, 2.75) is 55.2 Å². The molecule has 0 aliphatic carbocycles. The van der Waals surface area contributed by atoms with E-state index in [1.54, 1.807) is 34.9 Å². The molecule has 36 heavy (non-hydrogen) atoms. The standard InChI is InChI=1S/C28H30Cl2N2O3S/c1-2-3-4-5-6-18-32(28(35)31-25-9-7-8-24(29)27(25)30)21-12-16-23(17-13-21)36-22-14-10-20(11-15-22)19-26(33)34/h7-17H,2-6,18-19H2,1H3,(H,31,35)(H,33,34). The lowest BCUT2D eigenvalue weighted by Crippen LogP contribution is -2.36. The topological polar surface area (TPSA) is 69.6 Å². The molecule has 0 radical (unpaired) electrons. The Balaban J connectivity index is 1.71. The normalized spacial score (nSPS) is 10.8. The fourth-order valence-electron chi connectivity index (χ4n) is 3.68. The molecule has 0 bridgehead atoms. The molecule has 0 aliphatic rings. The van der Waals surface area contributed by atoms with E-state index < -0.39 is 5.97 Å². The van der Waals surface area contributed by atoms with E-state index in [0.717, 1.165) is 40.3 Å². The van der Waals surface area contributed by atoms with Gasteiger partial charge >= 0.3 is 12.0 Å². The lowest BCUT2D eigenvalue weighted by molar-refractivity contribution is -0.136. The molecule has 0 atom stereocenters. The number of carbonyl (C=O) groups excluding carboxylic acids is 1. The second-order valence-corrected chi connectivity index (χ2v) is 10.3. The highest BCUT2D eigenvalue weighted by molar-refractivity contribution is 7.99. The van der Waals surface area contributed by atoms with Gasteiger partial charge < -0.3 is 10.4 Å². The molecule has 0 saturated heterocycles. The molecule has 0 spiro atoms. The van der Waals surface area contributed by atoms with Crippen LogP contribution in [-0.2, 0) is 11.2 Å². The first kappa shape index (κ1) is 27.9. The monoisotopic (exact) mass is 544 g/mol. The van der Waals surface area contributed by atoms with E-state index in [1.807, 2.05) is 48.5 Å². The largest absolute Gasteiger partial charge is 0.481 e. The maximum Gasteiger partial charge on any atom is 0.326 e. The molecule has 8 heteroatoms. The molecule has 2 amide bonds. The van der Waals surface area contributed by atoms with Gasteiger partial charge in [0.2, 0.25) is 0 Å². The lowest BCUT2D eigenvalue weighted by Gasteiger charge is -2.24. The molecule has 0 heterocycles. The Morgan fingerprint density at radius 1 is 0.889 bits per heavy atom. The fraction of sp³-hybridized carbons (Fsp3) is 0.286. The Morgan fingerprint density at radius 2 is 1.53 bits per heavy atom. The van der Waals surface area contributed by atoms with Crippen molar-refractivity contribution in [2.75, 3.05) is 16.8 Å². The molecule has 190 valence electrons. The quantitative estimate of drug-likeness (QED) is 0.223. The maximum absolute atomic E-state index is 13.2. The highest BCUT2D eigenvalue weighted by atomic mass is 35.5. The van der Waals surface area contributed by atoms with Crippen LogP contribution >= 0.6 is 35.0 Å². The number of anilines is 2. The fourth-order valence-corrected chi connectivity index (χ4v) is 4.85. The minimum Gasteiger partial charge on any atom is -0.481 e. The summed E-state index contributed by atoms with van der Waals surface area (Å²) in [6, 6.07) is 20.2. The zero-order valence-corrected chi connectivity index (χ0v) is 22.5. The molecule has 0 aromatic heterocycles. The van der Waals surface area contributed by atoms with Crippen LogP contribution in [0.1, 0.15) is 44.6 Å². The molecular formula is C28H30Cl2N2O3S. The van der Waals surface area contributed by atoms with E-state index in [1.165, 1.54) is 12.8 Å². The Bertz CT molecular complexity index is 1150. The van der Waals surface area contributed by atoms with Crippen molar-refractivity contribution in [1.29, 1.82) is 0 Å². The molecule has 3 aromatic rings. The highest BCUT2D eigenvalue weighted by Crippen LogP contribution is 2.32. The molecule has 3 aromatic carbocycles. The third-order valence-electron chi connectivity index (χ3n) is 5.59. The number of nitrogens with zero attached hydrogens (tertiary/aromatic N) is 1. The second kappa shape index (κ2) is 14.2. The number of carboxylic acids is 1. The van der Waals surface area contributed by atoms with Crippen molar-refractivity contribution >= 4 is 58.3 Å². The van der Waals surface area contributed by atoms with Crippen LogP contribution < -0.4 is 10.2 Å². The van der Waals surface area contributed by atoms with Crippen molar-refractivity contribution < 1.29 is 14.7 Å². The number of carboxylic acid groups (broad SMARTS) is 1. The maximum atomic E-state index is 13.2. The van der Waals surface area contributed by atoms with Crippen LogP contribution in [-0.4, -0.2) is 23.7 Å². The summed E-state index contributed by atoms with van der Waals surface area (Å²) in [5.74, 6) is -0.845. The number of benzene rings is 3. The van der Waals surface area contributed by atoms with Crippen molar-refractivity contribution in [3.63, 3.8) is 0 Å². The third kappa shape index (κ3) is 8.47. The van der Waals surface area contributed by atoms with E-state index in [2.05, 4.69) is 12.2 Å². The van der Waals surface area contributed by atoms with Crippen LogP contribution in [0.15, 0.2) is 76.5 Å². The predicted molar refractivity (Wildman–Crippen MR) is 150 cm³/mol. The van der Waals surface area contributed by atoms with Gasteiger partial charge in [0.25, 0.3) is 0 Å². The molecule has 2 N–H and O–H groups in total. The summed E-state index contributed by atoms with van der Waals surface area (Å²) in [4.78, 5) is 27.9. The van der Waals surface area contributed by atoms with Crippen LogP contribution in [0.25, 0.3) is 0 Å². The number of amides is 2. The summed E-state index contributed by atoms with van der Waals surface area (Å²) in [6.07, 6.45) is 5.47. The number of rotatable bonds is 12. The molecule has 0 fully saturated rings. The zero-order chi connectivity index (χ0) is 25.9. The van der Waals surface area contributed by atoms with Crippen molar-refractivity contribution in [3.8, 4) is 0 Å². The van der Waals surface area contributed by atoms with Gasteiger partial charge in [-0.15, -0.1) is 0 Å². The number of halogens is 2. The Kier molecular flexibility index (Phi) is 11.0. The minimum absolute atomic E-state index is 0.0103. The van der Waals surface area contributed by atoms with Gasteiger partial charge in [-0.2, -0.15) is 0 Å². The first-order chi connectivity index (χ1) is 17.4. The van der Waals surface area contributed by atoms with E-state index in [4.69, 9.17) is 28.3 Å². The number of hydrogen-bond acceptors (Lipinski definition) is 3. The average Bonchev–Trinajstić information content (AvgIpc) is 2.86. The SMILES string of the molecule is CCCCCCCN(C(=O)Nc1cccc(Cl)c1Cl)c1ccc(Sc2ccc(CC(=O)O)cc2)cc1. The summed E-state index contributed by atoms with van der Waals surface area (Å²) in [5.41, 5.74) is 2.04. The Hall–Kier alpha value is -2.67. The highest BCUT2D eigenvalue weighted by Gasteiger charge is 2.18. The number of nitrogens with one attached hydrogen (secondary N) is 1. The zero-order valence-electron chi connectivity index (χ0n) is 20.2. The van der Waals surface area contributed by atoms with Gasteiger partial charge in [0, 0.05) is 22.0 Å². The van der Waals surface area contributed by atoms with E-state index in [-0.39, 0.29) is 12.5 Å². The second-order valence-electron chi connectivity index (χ2n) is 8.41. The van der Waals surface area contributed by atoms with Crippen LogP contribution in [0, 0.1) is 0 Å². The van der Waals surface area contributed by atoms with Gasteiger partial charge in [0.05, 0.1) is 22.2 Å². The molecule has 3 rings (SSSR count). The van der Waals surface area contributed by atoms with Crippen LogP contribution in [0.5, 0.6) is 0 Å². The van der Waals surface area contributed by atoms with E-state index >= 15 is 0 Å². The predicted octanol–water partition coefficient (Wildman–Crippen LogP) is 8.78. The molecule has 0 aliphatic heterocycles. The molecule has 0 saturated carbocycles. The van der Waals surface area contributed by atoms with Crippen molar-refractivity contribution in [3.05, 3.63) is 82.3 Å². The van der Waals surface area contributed by atoms with Crippen molar-refractivity contribution in [1.82, 2.24) is 0 Å². The lowest BCUT2D eigenvalue weighted by atomic mass is 10.1.